The van der Waals surface area contributed by atoms with Crippen molar-refractivity contribution in [1.82, 2.24) is 10.3 Å². The summed E-state index contributed by atoms with van der Waals surface area (Å²) < 4.78 is 0. The van der Waals surface area contributed by atoms with Gasteiger partial charge in [0.2, 0.25) is 0 Å². The maximum atomic E-state index is 4.35. The van der Waals surface area contributed by atoms with Crippen molar-refractivity contribution in [2.24, 2.45) is 11.8 Å². The van der Waals surface area contributed by atoms with Crippen molar-refractivity contribution in [2.75, 3.05) is 18.0 Å². The van der Waals surface area contributed by atoms with E-state index >= 15 is 0 Å². The predicted octanol–water partition coefficient (Wildman–Crippen LogP) is 3.35. The monoisotopic (exact) mass is 285 g/mol. The zero-order valence-corrected chi connectivity index (χ0v) is 12.9. The van der Waals surface area contributed by atoms with E-state index in [0.29, 0.717) is 0 Å². The van der Waals surface area contributed by atoms with E-state index in [1.54, 1.807) is 0 Å². The van der Waals surface area contributed by atoms with Crippen LogP contribution >= 0.6 is 0 Å². The summed E-state index contributed by atoms with van der Waals surface area (Å²) in [7, 11) is 0. The number of hydrogen-bond acceptors (Lipinski definition) is 3. The molecule has 3 nitrogen and oxygen atoms in total. The number of pyridine rings is 1. The van der Waals surface area contributed by atoms with Crippen LogP contribution in [0.25, 0.3) is 0 Å². The van der Waals surface area contributed by atoms with E-state index in [1.165, 1.54) is 69.3 Å². The first-order chi connectivity index (χ1) is 10.4. The van der Waals surface area contributed by atoms with Gasteiger partial charge < -0.3 is 10.2 Å². The zero-order chi connectivity index (χ0) is 14.1. The smallest absolute Gasteiger partial charge is 0.0442 e. The minimum atomic E-state index is 0.766. The molecule has 4 rings (SSSR count). The highest BCUT2D eigenvalue weighted by Gasteiger charge is 2.31. The van der Waals surface area contributed by atoms with Crippen LogP contribution in [0.1, 0.15) is 50.5 Å². The lowest BCUT2D eigenvalue weighted by Crippen LogP contribution is -2.42. The van der Waals surface area contributed by atoms with Crippen molar-refractivity contribution < 1.29 is 0 Å². The molecule has 2 aliphatic carbocycles. The molecule has 2 heterocycles. The van der Waals surface area contributed by atoms with Crippen molar-refractivity contribution >= 4 is 5.69 Å². The molecule has 2 unspecified atom stereocenters. The van der Waals surface area contributed by atoms with Gasteiger partial charge in [0.1, 0.15) is 0 Å². The first-order valence-corrected chi connectivity index (χ1v) is 8.81. The molecule has 1 aromatic heterocycles. The summed E-state index contributed by atoms with van der Waals surface area (Å²) in [6.07, 6.45) is 14.0. The Bertz CT molecular complexity index is 483. The SMILES string of the molecule is c1cc(N2CCC3CCCCC3C2)c(CNC2CC2)cn1. The van der Waals surface area contributed by atoms with Crippen LogP contribution in [0.15, 0.2) is 18.5 Å². The van der Waals surface area contributed by atoms with Gasteiger partial charge in [-0.05, 0) is 43.6 Å². The van der Waals surface area contributed by atoms with Gasteiger partial charge >= 0.3 is 0 Å². The normalized spacial score (nSPS) is 29.2. The Hall–Kier alpha value is -1.09. The van der Waals surface area contributed by atoms with Gasteiger partial charge in [0.05, 0.1) is 0 Å². The van der Waals surface area contributed by atoms with Crippen LogP contribution in [-0.2, 0) is 6.54 Å². The van der Waals surface area contributed by atoms with Crippen LogP contribution < -0.4 is 10.2 Å². The first-order valence-electron chi connectivity index (χ1n) is 8.81. The van der Waals surface area contributed by atoms with E-state index in [2.05, 4.69) is 27.5 Å². The Labute approximate surface area is 128 Å². The molecule has 1 aliphatic heterocycles. The van der Waals surface area contributed by atoms with E-state index in [9.17, 15) is 0 Å². The molecule has 3 fully saturated rings. The maximum absolute atomic E-state index is 4.35. The Morgan fingerprint density at radius 1 is 1.10 bits per heavy atom. The van der Waals surface area contributed by atoms with Crippen LogP contribution in [0.4, 0.5) is 5.69 Å². The highest BCUT2D eigenvalue weighted by molar-refractivity contribution is 5.52. The number of fused-ring (bicyclic) bond motifs is 1. The summed E-state index contributed by atoms with van der Waals surface area (Å²) in [5.41, 5.74) is 2.82. The molecule has 114 valence electrons. The van der Waals surface area contributed by atoms with Gasteiger partial charge in [-0.2, -0.15) is 0 Å². The lowest BCUT2D eigenvalue weighted by Gasteiger charge is -2.42. The maximum Gasteiger partial charge on any atom is 0.0442 e. The van der Waals surface area contributed by atoms with E-state index in [-0.39, 0.29) is 0 Å². The van der Waals surface area contributed by atoms with Gasteiger partial charge in [0.15, 0.2) is 0 Å². The van der Waals surface area contributed by atoms with E-state index in [0.717, 1.165) is 24.4 Å². The number of rotatable bonds is 4. The van der Waals surface area contributed by atoms with Gasteiger partial charge in [-0.25, -0.2) is 0 Å². The molecule has 0 bridgehead atoms. The number of aromatic nitrogens is 1. The number of hydrogen-bond donors (Lipinski definition) is 1. The quantitative estimate of drug-likeness (QED) is 0.919. The standard InChI is InChI=1S/C18H27N3/c1-2-4-15-13-21(10-8-14(15)3-1)18-7-9-19-11-16(18)12-20-17-5-6-17/h7,9,11,14-15,17,20H,1-6,8,10,12-13H2. The van der Waals surface area contributed by atoms with Crippen molar-refractivity contribution in [3.8, 4) is 0 Å². The topological polar surface area (TPSA) is 28.2 Å². The van der Waals surface area contributed by atoms with Crippen molar-refractivity contribution in [1.29, 1.82) is 0 Å². The molecule has 0 spiro atoms. The predicted molar refractivity (Wildman–Crippen MR) is 86.4 cm³/mol. The number of anilines is 1. The third-order valence-electron chi connectivity index (χ3n) is 5.67. The average Bonchev–Trinajstić information content (AvgIpc) is 3.37. The number of piperidine rings is 1. The van der Waals surface area contributed by atoms with E-state index in [1.807, 2.05) is 6.20 Å². The van der Waals surface area contributed by atoms with Crippen LogP contribution in [-0.4, -0.2) is 24.1 Å². The molecule has 1 saturated heterocycles. The molecule has 2 saturated carbocycles. The largest absolute Gasteiger partial charge is 0.371 e. The van der Waals surface area contributed by atoms with Gasteiger partial charge in [0.25, 0.3) is 0 Å². The molecule has 3 heteroatoms. The van der Waals surface area contributed by atoms with Gasteiger partial charge in [0, 0.05) is 49.3 Å². The highest BCUT2D eigenvalue weighted by Crippen LogP contribution is 2.38. The lowest BCUT2D eigenvalue weighted by atomic mass is 9.75. The molecular weight excluding hydrogens is 258 g/mol. The van der Waals surface area contributed by atoms with Crippen LogP contribution in [0.5, 0.6) is 0 Å². The minimum absolute atomic E-state index is 0.766. The van der Waals surface area contributed by atoms with Crippen LogP contribution in [0, 0.1) is 11.8 Å². The molecule has 3 aliphatic rings. The van der Waals surface area contributed by atoms with Crippen LogP contribution in [0.2, 0.25) is 0 Å². The van der Waals surface area contributed by atoms with Gasteiger partial charge in [-0.1, -0.05) is 19.3 Å². The fraction of sp³-hybridized carbons (Fsp3) is 0.722. The van der Waals surface area contributed by atoms with Crippen LogP contribution in [0.3, 0.4) is 0 Å². The van der Waals surface area contributed by atoms with Crippen molar-refractivity contribution in [2.45, 2.75) is 57.5 Å². The second-order valence-electron chi connectivity index (χ2n) is 7.20. The van der Waals surface area contributed by atoms with Gasteiger partial charge in [-0.15, -0.1) is 0 Å². The number of nitrogens with zero attached hydrogens (tertiary/aromatic N) is 2. The summed E-state index contributed by atoms with van der Waals surface area (Å²) >= 11 is 0. The van der Waals surface area contributed by atoms with E-state index < -0.39 is 0 Å². The van der Waals surface area contributed by atoms with E-state index in [4.69, 9.17) is 0 Å². The Kier molecular flexibility index (Phi) is 3.85. The Morgan fingerprint density at radius 3 is 2.81 bits per heavy atom. The zero-order valence-electron chi connectivity index (χ0n) is 12.9. The molecule has 21 heavy (non-hydrogen) atoms. The highest BCUT2D eigenvalue weighted by atomic mass is 15.1. The summed E-state index contributed by atoms with van der Waals surface area (Å²) in [5.74, 6) is 1.94. The Morgan fingerprint density at radius 2 is 1.95 bits per heavy atom. The second kappa shape index (κ2) is 5.96. The first kappa shape index (κ1) is 13.6. The molecule has 2 atom stereocenters. The van der Waals surface area contributed by atoms with Crippen molar-refractivity contribution in [3.05, 3.63) is 24.0 Å². The lowest BCUT2D eigenvalue weighted by molar-refractivity contribution is 0.202. The minimum Gasteiger partial charge on any atom is -0.371 e. The molecule has 0 aromatic carbocycles. The van der Waals surface area contributed by atoms with Crippen molar-refractivity contribution in [3.63, 3.8) is 0 Å². The third kappa shape index (κ3) is 3.08. The summed E-state index contributed by atoms with van der Waals surface area (Å²) in [6.45, 7) is 3.49. The number of nitrogens with one attached hydrogen (secondary N) is 1. The summed E-state index contributed by atoms with van der Waals surface area (Å²) in [6, 6.07) is 3.00. The third-order valence-corrected chi connectivity index (χ3v) is 5.67. The molecule has 0 amide bonds. The van der Waals surface area contributed by atoms with Gasteiger partial charge in [-0.3, -0.25) is 4.98 Å². The Balaban J connectivity index is 1.47. The summed E-state index contributed by atoms with van der Waals surface area (Å²) in [4.78, 5) is 6.99. The molecule has 1 aromatic rings. The molecule has 1 N–H and O–H groups in total. The molecular formula is C18H27N3. The second-order valence-corrected chi connectivity index (χ2v) is 7.20. The fourth-order valence-corrected chi connectivity index (χ4v) is 4.23. The fourth-order valence-electron chi connectivity index (χ4n) is 4.23. The summed E-state index contributed by atoms with van der Waals surface area (Å²) in [5, 5.41) is 3.64. The average molecular weight is 285 g/mol. The molecule has 0 radical (unpaired) electrons.